The summed E-state index contributed by atoms with van der Waals surface area (Å²) in [5.74, 6) is 0.629. The third-order valence-electron chi connectivity index (χ3n) is 3.82. The molecular weight excluding hydrogens is 270 g/mol. The Bertz CT molecular complexity index is 653. The number of esters is 1. The Labute approximate surface area is 123 Å². The Hall–Kier alpha value is -2.15. The molecule has 1 aliphatic rings. The maximum absolute atomic E-state index is 11.5. The van der Waals surface area contributed by atoms with Gasteiger partial charge >= 0.3 is 5.97 Å². The first kappa shape index (κ1) is 13.8. The number of hydrogen-bond donors (Lipinski definition) is 0. The highest BCUT2D eigenvalue weighted by Gasteiger charge is 2.21. The van der Waals surface area contributed by atoms with E-state index in [4.69, 9.17) is 4.74 Å². The molecule has 0 saturated heterocycles. The van der Waals surface area contributed by atoms with Crippen molar-refractivity contribution in [1.82, 2.24) is 24.2 Å². The number of nitrogens with zero attached hydrogens (tertiary/aromatic N) is 5. The molecule has 0 radical (unpaired) electrons. The van der Waals surface area contributed by atoms with E-state index in [1.54, 1.807) is 0 Å². The lowest BCUT2D eigenvalue weighted by atomic mass is 10.2. The van der Waals surface area contributed by atoms with Crippen molar-refractivity contribution < 1.29 is 9.53 Å². The predicted octanol–water partition coefficient (Wildman–Crippen LogP) is 0.727. The van der Waals surface area contributed by atoms with Crippen LogP contribution in [0.25, 0.3) is 0 Å². The molecule has 0 unspecified atom stereocenters. The second-order valence-corrected chi connectivity index (χ2v) is 5.34. The van der Waals surface area contributed by atoms with E-state index in [0.29, 0.717) is 5.69 Å². The lowest BCUT2D eigenvalue weighted by Gasteiger charge is -2.26. The van der Waals surface area contributed by atoms with Crippen LogP contribution in [0.4, 0.5) is 0 Å². The fraction of sp³-hybridized carbons (Fsp3) is 0.500. The summed E-state index contributed by atoms with van der Waals surface area (Å²) in [5, 5.41) is 4.28. The second kappa shape index (κ2) is 5.33. The smallest absolute Gasteiger partial charge is 0.358 e. The highest BCUT2D eigenvalue weighted by atomic mass is 16.5. The number of aromatic nitrogens is 4. The number of rotatable bonds is 3. The summed E-state index contributed by atoms with van der Waals surface area (Å²) in [6.45, 7) is 5.24. The molecule has 2 aromatic rings. The molecule has 21 heavy (non-hydrogen) atoms. The first-order chi connectivity index (χ1) is 10.1. The van der Waals surface area contributed by atoms with Crippen LogP contribution < -0.4 is 0 Å². The topological polar surface area (TPSA) is 65.2 Å². The van der Waals surface area contributed by atoms with Gasteiger partial charge in [0, 0.05) is 32.9 Å². The largest absolute Gasteiger partial charge is 0.464 e. The summed E-state index contributed by atoms with van der Waals surface area (Å²) >= 11 is 0. The Morgan fingerprint density at radius 1 is 1.43 bits per heavy atom. The minimum Gasteiger partial charge on any atom is -0.464 e. The van der Waals surface area contributed by atoms with E-state index in [2.05, 4.69) is 21.2 Å². The van der Waals surface area contributed by atoms with Gasteiger partial charge < -0.3 is 9.30 Å². The summed E-state index contributed by atoms with van der Waals surface area (Å²) in [4.78, 5) is 18.4. The van der Waals surface area contributed by atoms with Crippen molar-refractivity contribution >= 4 is 5.97 Å². The van der Waals surface area contributed by atoms with Crippen molar-refractivity contribution in [3.05, 3.63) is 35.2 Å². The van der Waals surface area contributed by atoms with E-state index >= 15 is 0 Å². The number of ether oxygens (including phenoxy) is 1. The van der Waals surface area contributed by atoms with E-state index in [0.717, 1.165) is 43.4 Å². The summed E-state index contributed by atoms with van der Waals surface area (Å²) in [5.41, 5.74) is 2.48. The van der Waals surface area contributed by atoms with Gasteiger partial charge in [0.1, 0.15) is 5.82 Å². The van der Waals surface area contributed by atoms with Crippen LogP contribution >= 0.6 is 0 Å². The highest BCUT2D eigenvalue weighted by molar-refractivity contribution is 5.87. The molecular formula is C14H19N5O2. The van der Waals surface area contributed by atoms with Crippen molar-refractivity contribution in [2.45, 2.75) is 26.6 Å². The normalized spacial score (nSPS) is 15.0. The molecule has 0 saturated carbocycles. The number of aryl methyl sites for hydroxylation is 2. The van der Waals surface area contributed by atoms with Crippen LogP contribution in [0.1, 0.15) is 27.7 Å². The molecule has 0 bridgehead atoms. The zero-order valence-corrected chi connectivity index (χ0v) is 12.5. The number of hydrogen-bond acceptors (Lipinski definition) is 5. The molecule has 0 atom stereocenters. The maximum Gasteiger partial charge on any atom is 0.358 e. The molecule has 0 aliphatic carbocycles. The van der Waals surface area contributed by atoms with Gasteiger partial charge in [-0.1, -0.05) is 0 Å². The lowest BCUT2D eigenvalue weighted by molar-refractivity contribution is 0.0593. The average molecular weight is 289 g/mol. The van der Waals surface area contributed by atoms with Gasteiger partial charge in [-0.3, -0.25) is 9.58 Å². The van der Waals surface area contributed by atoms with Gasteiger partial charge in [-0.15, -0.1) is 0 Å². The van der Waals surface area contributed by atoms with Gasteiger partial charge in [0.2, 0.25) is 0 Å². The molecule has 7 heteroatoms. The van der Waals surface area contributed by atoms with Crippen molar-refractivity contribution in [3.63, 3.8) is 0 Å². The molecule has 2 aromatic heterocycles. The van der Waals surface area contributed by atoms with Crippen LogP contribution in [-0.4, -0.2) is 43.9 Å². The molecule has 3 rings (SSSR count). The number of fused-ring (bicyclic) bond motifs is 1. The quantitative estimate of drug-likeness (QED) is 0.779. The van der Waals surface area contributed by atoms with E-state index < -0.39 is 0 Å². The van der Waals surface area contributed by atoms with E-state index in [9.17, 15) is 4.79 Å². The zero-order chi connectivity index (χ0) is 15.0. The number of imidazole rings is 1. The Morgan fingerprint density at radius 2 is 2.24 bits per heavy atom. The molecule has 0 fully saturated rings. The molecule has 112 valence electrons. The van der Waals surface area contributed by atoms with Crippen molar-refractivity contribution in [2.75, 3.05) is 13.7 Å². The molecule has 7 nitrogen and oxygen atoms in total. The molecule has 0 aromatic carbocycles. The summed E-state index contributed by atoms with van der Waals surface area (Å²) in [7, 11) is 3.37. The van der Waals surface area contributed by atoms with Crippen LogP contribution in [0, 0.1) is 6.92 Å². The van der Waals surface area contributed by atoms with E-state index in [1.807, 2.05) is 29.3 Å². The number of methoxy groups -OCH3 is 1. The Kier molecular flexibility index (Phi) is 3.50. The first-order valence-electron chi connectivity index (χ1n) is 6.93. The van der Waals surface area contributed by atoms with Crippen molar-refractivity contribution in [2.24, 2.45) is 7.05 Å². The molecule has 0 N–H and O–H groups in total. The van der Waals surface area contributed by atoms with Gasteiger partial charge in [-0.25, -0.2) is 9.78 Å². The fourth-order valence-corrected chi connectivity index (χ4v) is 2.60. The van der Waals surface area contributed by atoms with Crippen LogP contribution in [0.2, 0.25) is 0 Å². The van der Waals surface area contributed by atoms with Gasteiger partial charge in [-0.2, -0.15) is 5.10 Å². The molecule has 0 spiro atoms. The van der Waals surface area contributed by atoms with E-state index in [-0.39, 0.29) is 5.97 Å². The molecule has 0 amide bonds. The van der Waals surface area contributed by atoms with Gasteiger partial charge in [0.15, 0.2) is 5.69 Å². The van der Waals surface area contributed by atoms with Crippen LogP contribution in [-0.2, 0) is 31.4 Å². The third-order valence-corrected chi connectivity index (χ3v) is 3.82. The third kappa shape index (κ3) is 2.69. The zero-order valence-electron chi connectivity index (χ0n) is 12.5. The SMILES string of the molecule is COC(=O)c1cc2n(n1)CCN(Cc1cn(C)c(C)n1)C2. The maximum atomic E-state index is 11.5. The summed E-state index contributed by atoms with van der Waals surface area (Å²) < 4.78 is 8.62. The van der Waals surface area contributed by atoms with E-state index in [1.165, 1.54) is 7.11 Å². The van der Waals surface area contributed by atoms with Crippen LogP contribution in [0.3, 0.4) is 0 Å². The lowest BCUT2D eigenvalue weighted by Crippen LogP contribution is -2.33. The fourth-order valence-electron chi connectivity index (χ4n) is 2.60. The summed E-state index contributed by atoms with van der Waals surface area (Å²) in [6.07, 6.45) is 2.06. The van der Waals surface area contributed by atoms with Gasteiger partial charge in [-0.05, 0) is 13.0 Å². The number of carbonyl (C=O) groups is 1. The minimum absolute atomic E-state index is 0.378. The highest BCUT2D eigenvalue weighted by Crippen LogP contribution is 2.16. The minimum atomic E-state index is -0.385. The molecule has 1 aliphatic heterocycles. The van der Waals surface area contributed by atoms with Crippen LogP contribution in [0.5, 0.6) is 0 Å². The monoisotopic (exact) mass is 289 g/mol. The average Bonchev–Trinajstić information content (AvgIpc) is 3.01. The van der Waals surface area contributed by atoms with Crippen molar-refractivity contribution in [3.8, 4) is 0 Å². The van der Waals surface area contributed by atoms with Crippen molar-refractivity contribution in [1.29, 1.82) is 0 Å². The van der Waals surface area contributed by atoms with Gasteiger partial charge in [0.05, 0.1) is 25.0 Å². The second-order valence-electron chi connectivity index (χ2n) is 5.34. The standard InChI is InChI=1S/C14H19N5O2/c1-10-15-11(7-17(10)2)8-18-4-5-19-12(9-18)6-13(16-19)14(20)21-3/h6-7H,4-5,8-9H2,1-3H3. The number of carbonyl (C=O) groups excluding carboxylic acids is 1. The Morgan fingerprint density at radius 3 is 2.90 bits per heavy atom. The predicted molar refractivity (Wildman–Crippen MR) is 75.6 cm³/mol. The molecule has 3 heterocycles. The Balaban J connectivity index is 1.72. The summed E-state index contributed by atoms with van der Waals surface area (Å²) in [6, 6.07) is 1.81. The van der Waals surface area contributed by atoms with Gasteiger partial charge in [0.25, 0.3) is 0 Å². The first-order valence-corrected chi connectivity index (χ1v) is 6.93. The van der Waals surface area contributed by atoms with Crippen LogP contribution in [0.15, 0.2) is 12.3 Å².